The highest BCUT2D eigenvalue weighted by Crippen LogP contribution is 2.22. The van der Waals surface area contributed by atoms with Crippen LogP contribution in [0.4, 0.5) is 5.69 Å². The number of benzene rings is 1. The molecule has 0 fully saturated rings. The van der Waals surface area contributed by atoms with Gasteiger partial charge in [0.1, 0.15) is 0 Å². The number of hydrogen-bond donors (Lipinski definition) is 2. The number of carbonyl (C=O) groups is 2. The van der Waals surface area contributed by atoms with Crippen molar-refractivity contribution in [2.45, 2.75) is 46.5 Å². The van der Waals surface area contributed by atoms with E-state index in [0.717, 1.165) is 6.42 Å². The summed E-state index contributed by atoms with van der Waals surface area (Å²) < 4.78 is 0. The Morgan fingerprint density at radius 2 is 1.90 bits per heavy atom. The van der Waals surface area contributed by atoms with E-state index in [2.05, 4.69) is 26.1 Å². The summed E-state index contributed by atoms with van der Waals surface area (Å²) >= 11 is 0. The molecule has 0 aliphatic rings. The highest BCUT2D eigenvalue weighted by Gasteiger charge is 2.17. The van der Waals surface area contributed by atoms with Crippen molar-refractivity contribution in [2.24, 2.45) is 11.8 Å². The maximum atomic E-state index is 12.1. The van der Waals surface area contributed by atoms with Crippen LogP contribution in [0.3, 0.4) is 0 Å². The third kappa shape index (κ3) is 5.21. The fourth-order valence-corrected chi connectivity index (χ4v) is 2.33. The van der Waals surface area contributed by atoms with Gasteiger partial charge >= 0.3 is 5.97 Å². The van der Waals surface area contributed by atoms with Gasteiger partial charge in [0.25, 0.3) is 0 Å². The van der Waals surface area contributed by atoms with Gasteiger partial charge in [0, 0.05) is 12.1 Å². The van der Waals surface area contributed by atoms with E-state index in [1.807, 2.05) is 0 Å². The van der Waals surface area contributed by atoms with Crippen LogP contribution < -0.4 is 5.32 Å². The summed E-state index contributed by atoms with van der Waals surface area (Å²) in [5.74, 6) is -0.633. The second kappa shape index (κ2) is 7.81. The molecule has 0 radical (unpaired) electrons. The Morgan fingerprint density at radius 3 is 2.43 bits per heavy atom. The third-order valence-corrected chi connectivity index (χ3v) is 3.96. The fourth-order valence-electron chi connectivity index (χ4n) is 2.33. The number of nitrogens with one attached hydrogen (secondary N) is 1. The second-order valence-corrected chi connectivity index (χ2v) is 5.85. The Balaban J connectivity index is 2.73. The highest BCUT2D eigenvalue weighted by molar-refractivity contribution is 5.91. The van der Waals surface area contributed by atoms with Crippen LogP contribution in [0, 0.1) is 11.8 Å². The number of hydrogen-bond acceptors (Lipinski definition) is 2. The Kier molecular flexibility index (Phi) is 6.40. The van der Waals surface area contributed by atoms with Gasteiger partial charge in [0.2, 0.25) is 5.91 Å². The van der Waals surface area contributed by atoms with Crippen molar-refractivity contribution >= 4 is 17.6 Å². The summed E-state index contributed by atoms with van der Waals surface area (Å²) in [6.45, 7) is 7.97. The first-order valence-corrected chi connectivity index (χ1v) is 7.47. The summed E-state index contributed by atoms with van der Waals surface area (Å²) in [6.07, 6.45) is 1.47. The zero-order chi connectivity index (χ0) is 16.0. The lowest BCUT2D eigenvalue weighted by Gasteiger charge is -2.18. The van der Waals surface area contributed by atoms with Crippen molar-refractivity contribution in [3.63, 3.8) is 0 Å². The molecular weight excluding hydrogens is 266 g/mol. The molecule has 0 spiro atoms. The lowest BCUT2D eigenvalue weighted by atomic mass is 9.90. The van der Waals surface area contributed by atoms with Gasteiger partial charge in [-0.15, -0.1) is 0 Å². The van der Waals surface area contributed by atoms with Gasteiger partial charge in [-0.2, -0.15) is 0 Å². The van der Waals surface area contributed by atoms with E-state index in [1.54, 1.807) is 31.2 Å². The number of aliphatic carboxylic acids is 1. The molecule has 0 bridgehead atoms. The Bertz CT molecular complexity index is 497. The summed E-state index contributed by atoms with van der Waals surface area (Å²) in [5, 5.41) is 11.9. The summed E-state index contributed by atoms with van der Waals surface area (Å²) in [4.78, 5) is 23.1. The summed E-state index contributed by atoms with van der Waals surface area (Å²) in [7, 11) is 0. The van der Waals surface area contributed by atoms with E-state index < -0.39 is 11.9 Å². The predicted octanol–water partition coefficient (Wildman–Crippen LogP) is 3.89. The molecule has 21 heavy (non-hydrogen) atoms. The average Bonchev–Trinajstić information content (AvgIpc) is 2.43. The Morgan fingerprint density at radius 1 is 1.24 bits per heavy atom. The number of rotatable bonds is 7. The van der Waals surface area contributed by atoms with E-state index in [9.17, 15) is 9.59 Å². The highest BCUT2D eigenvalue weighted by atomic mass is 16.4. The first-order valence-electron chi connectivity index (χ1n) is 7.47. The van der Waals surface area contributed by atoms with E-state index >= 15 is 0 Å². The first-order chi connectivity index (χ1) is 9.85. The molecule has 0 aliphatic heterocycles. The zero-order valence-corrected chi connectivity index (χ0v) is 13.2. The SMILES string of the molecule is CCC(CC(=O)Nc1cccc(C(C)C(=O)O)c1)C(C)C. The van der Waals surface area contributed by atoms with Gasteiger partial charge in [-0.05, 0) is 36.5 Å². The smallest absolute Gasteiger partial charge is 0.310 e. The number of anilines is 1. The molecule has 1 amide bonds. The van der Waals surface area contributed by atoms with Crippen LogP contribution in [-0.2, 0) is 9.59 Å². The molecule has 0 aliphatic carbocycles. The zero-order valence-electron chi connectivity index (χ0n) is 13.2. The maximum Gasteiger partial charge on any atom is 0.310 e. The minimum atomic E-state index is -0.871. The molecule has 2 N–H and O–H groups in total. The van der Waals surface area contributed by atoms with Crippen LogP contribution in [0.5, 0.6) is 0 Å². The molecule has 1 rings (SSSR count). The molecule has 0 saturated heterocycles. The minimum absolute atomic E-state index is 0.0179. The average molecular weight is 291 g/mol. The molecule has 2 unspecified atom stereocenters. The van der Waals surface area contributed by atoms with Crippen molar-refractivity contribution < 1.29 is 14.7 Å². The van der Waals surface area contributed by atoms with Crippen molar-refractivity contribution in [3.8, 4) is 0 Å². The minimum Gasteiger partial charge on any atom is -0.481 e. The summed E-state index contributed by atoms with van der Waals surface area (Å²) in [5.41, 5.74) is 1.35. The molecule has 4 nitrogen and oxygen atoms in total. The monoisotopic (exact) mass is 291 g/mol. The van der Waals surface area contributed by atoms with Crippen molar-refractivity contribution in [3.05, 3.63) is 29.8 Å². The van der Waals surface area contributed by atoms with Gasteiger partial charge in [0.05, 0.1) is 5.92 Å². The molecule has 0 aromatic heterocycles. The standard InChI is InChI=1S/C17H25NO3/c1-5-13(11(2)3)10-16(19)18-15-8-6-7-14(9-15)12(4)17(20)21/h6-9,11-13H,5,10H2,1-4H3,(H,18,19)(H,20,21). The number of amides is 1. The second-order valence-electron chi connectivity index (χ2n) is 5.85. The van der Waals surface area contributed by atoms with Gasteiger partial charge in [-0.3, -0.25) is 9.59 Å². The molecular formula is C17H25NO3. The van der Waals surface area contributed by atoms with E-state index in [-0.39, 0.29) is 5.91 Å². The molecule has 116 valence electrons. The molecule has 4 heteroatoms. The van der Waals surface area contributed by atoms with Crippen LogP contribution in [-0.4, -0.2) is 17.0 Å². The Hall–Kier alpha value is -1.84. The largest absolute Gasteiger partial charge is 0.481 e. The topological polar surface area (TPSA) is 66.4 Å². The lowest BCUT2D eigenvalue weighted by Crippen LogP contribution is -2.19. The van der Waals surface area contributed by atoms with E-state index in [4.69, 9.17) is 5.11 Å². The van der Waals surface area contributed by atoms with Crippen LogP contribution >= 0.6 is 0 Å². The molecule has 1 aromatic carbocycles. The van der Waals surface area contributed by atoms with Crippen LogP contribution in [0.2, 0.25) is 0 Å². The predicted molar refractivity (Wildman–Crippen MR) is 84.4 cm³/mol. The molecule has 1 aromatic rings. The van der Waals surface area contributed by atoms with Crippen molar-refractivity contribution in [1.82, 2.24) is 0 Å². The number of carbonyl (C=O) groups excluding carboxylic acids is 1. The molecule has 2 atom stereocenters. The van der Waals surface area contributed by atoms with Crippen LogP contribution in [0.15, 0.2) is 24.3 Å². The Labute approximate surface area is 126 Å². The van der Waals surface area contributed by atoms with Crippen molar-refractivity contribution in [1.29, 1.82) is 0 Å². The van der Waals surface area contributed by atoms with Crippen LogP contribution in [0.25, 0.3) is 0 Å². The lowest BCUT2D eigenvalue weighted by molar-refractivity contribution is -0.138. The van der Waals surface area contributed by atoms with E-state index in [0.29, 0.717) is 29.5 Å². The number of carboxylic acids is 1. The van der Waals surface area contributed by atoms with Crippen LogP contribution in [0.1, 0.15) is 52.0 Å². The summed E-state index contributed by atoms with van der Waals surface area (Å²) in [6, 6.07) is 7.04. The van der Waals surface area contributed by atoms with Gasteiger partial charge in [-0.1, -0.05) is 39.3 Å². The maximum absolute atomic E-state index is 12.1. The van der Waals surface area contributed by atoms with Gasteiger partial charge < -0.3 is 10.4 Å². The number of carboxylic acid groups (broad SMARTS) is 1. The molecule has 0 saturated carbocycles. The van der Waals surface area contributed by atoms with E-state index in [1.165, 1.54) is 0 Å². The van der Waals surface area contributed by atoms with Gasteiger partial charge in [0.15, 0.2) is 0 Å². The third-order valence-electron chi connectivity index (χ3n) is 3.96. The fraction of sp³-hybridized carbons (Fsp3) is 0.529. The van der Waals surface area contributed by atoms with Gasteiger partial charge in [-0.25, -0.2) is 0 Å². The van der Waals surface area contributed by atoms with Crippen molar-refractivity contribution in [2.75, 3.05) is 5.32 Å². The first kappa shape index (κ1) is 17.2. The molecule has 0 heterocycles. The normalized spacial score (nSPS) is 13.8. The quantitative estimate of drug-likeness (QED) is 0.801.